The molecule has 0 radical (unpaired) electrons. The van der Waals surface area contributed by atoms with Crippen LogP contribution in [-0.4, -0.2) is 15.3 Å². The van der Waals surface area contributed by atoms with E-state index in [1.807, 2.05) is 6.08 Å². The van der Waals surface area contributed by atoms with Crippen LogP contribution in [0.2, 0.25) is 0 Å². The van der Waals surface area contributed by atoms with Gasteiger partial charge in [0.2, 0.25) is 0 Å². The zero-order valence-corrected chi connectivity index (χ0v) is 17.9. The predicted octanol–water partition coefficient (Wildman–Crippen LogP) is 6.06. The summed E-state index contributed by atoms with van der Waals surface area (Å²) in [5.41, 5.74) is 5.85. The highest BCUT2D eigenvalue weighted by Gasteiger charge is 2.39. The lowest BCUT2D eigenvalue weighted by molar-refractivity contribution is -0.120. The second-order valence-corrected chi connectivity index (χ2v) is 8.49. The number of aromatic nitrogens is 2. The Labute approximate surface area is 166 Å². The van der Waals surface area contributed by atoms with E-state index in [-0.39, 0.29) is 0 Å². The largest absolute Gasteiger partial charge is 0.331 e. The van der Waals surface area contributed by atoms with E-state index in [1.54, 1.807) is 6.92 Å². The molecule has 1 fully saturated rings. The van der Waals surface area contributed by atoms with Crippen molar-refractivity contribution in [1.29, 1.82) is 0 Å². The van der Waals surface area contributed by atoms with E-state index in [4.69, 9.17) is 4.98 Å². The van der Waals surface area contributed by atoms with Gasteiger partial charge in [-0.15, -0.1) is 5.73 Å². The van der Waals surface area contributed by atoms with Gasteiger partial charge in [-0.3, -0.25) is 4.79 Å². The van der Waals surface area contributed by atoms with Crippen LogP contribution in [0, 0.1) is 11.3 Å². The summed E-state index contributed by atoms with van der Waals surface area (Å²) in [4.78, 5) is 16.5. The van der Waals surface area contributed by atoms with Crippen LogP contribution in [0.3, 0.4) is 0 Å². The highest BCUT2D eigenvalue weighted by atomic mass is 16.1. The van der Waals surface area contributed by atoms with Crippen LogP contribution in [0.15, 0.2) is 12.3 Å². The van der Waals surface area contributed by atoms with Crippen molar-refractivity contribution < 1.29 is 4.79 Å². The van der Waals surface area contributed by atoms with Gasteiger partial charge in [0, 0.05) is 24.7 Å². The number of nitrogens with zero attached hydrogens (tertiary/aromatic N) is 2. The maximum Gasteiger partial charge on any atom is 0.140 e. The van der Waals surface area contributed by atoms with E-state index in [2.05, 4.69) is 37.8 Å². The van der Waals surface area contributed by atoms with Crippen LogP contribution in [0.25, 0.3) is 6.08 Å². The van der Waals surface area contributed by atoms with Gasteiger partial charge >= 0.3 is 0 Å². The van der Waals surface area contributed by atoms with Crippen molar-refractivity contribution in [1.82, 2.24) is 9.55 Å². The van der Waals surface area contributed by atoms with Gasteiger partial charge in [0.05, 0.1) is 5.69 Å². The van der Waals surface area contributed by atoms with E-state index in [0.29, 0.717) is 17.1 Å². The molecular weight excluding hydrogens is 332 g/mol. The number of hydrogen-bond acceptors (Lipinski definition) is 2. The van der Waals surface area contributed by atoms with Crippen LogP contribution in [-0.2, 0) is 24.7 Å². The lowest BCUT2D eigenvalue weighted by Gasteiger charge is -2.29. The normalized spacial score (nSPS) is 22.0. The summed E-state index contributed by atoms with van der Waals surface area (Å²) < 4.78 is 2.20. The summed E-state index contributed by atoms with van der Waals surface area (Å²) in [6.07, 6.45) is 15.0. The maximum absolute atomic E-state index is 11.8. The van der Waals surface area contributed by atoms with Crippen molar-refractivity contribution in [2.24, 2.45) is 18.4 Å². The molecule has 0 amide bonds. The quantitative estimate of drug-likeness (QED) is 0.350. The fraction of sp³-hybridized carbons (Fsp3) is 0.708. The number of ketones is 1. The average molecular weight is 371 g/mol. The van der Waals surface area contributed by atoms with Crippen LogP contribution >= 0.6 is 0 Å². The third kappa shape index (κ3) is 5.45. The molecule has 3 heteroatoms. The van der Waals surface area contributed by atoms with Gasteiger partial charge in [-0.25, -0.2) is 4.98 Å². The molecule has 3 nitrogen and oxygen atoms in total. The first-order chi connectivity index (χ1) is 13.0. The molecule has 0 N–H and O–H groups in total. The first-order valence-electron chi connectivity index (χ1n) is 10.9. The fourth-order valence-corrected chi connectivity index (χ4v) is 5.06. The van der Waals surface area contributed by atoms with Crippen molar-refractivity contribution in [3.8, 4) is 0 Å². The Bertz CT molecular complexity index is 681. The van der Waals surface area contributed by atoms with Gasteiger partial charge in [0.15, 0.2) is 0 Å². The second kappa shape index (κ2) is 10.1. The summed E-state index contributed by atoms with van der Waals surface area (Å²) in [7, 11) is 2.10. The monoisotopic (exact) mass is 370 g/mol. The van der Waals surface area contributed by atoms with E-state index >= 15 is 0 Å². The van der Waals surface area contributed by atoms with Crippen LogP contribution in [0.5, 0.6) is 0 Å². The molecule has 1 heterocycles. The minimum Gasteiger partial charge on any atom is -0.331 e. The Hall–Kier alpha value is -1.60. The third-order valence-electron chi connectivity index (χ3n) is 6.58. The molecule has 2 unspecified atom stereocenters. The van der Waals surface area contributed by atoms with Gasteiger partial charge in [0.25, 0.3) is 0 Å². The summed E-state index contributed by atoms with van der Waals surface area (Å²) in [5.74, 6) is 1.69. The van der Waals surface area contributed by atoms with Crippen molar-refractivity contribution in [3.63, 3.8) is 0 Å². The molecule has 1 aliphatic carbocycles. The number of carbonyl (C=O) groups is 1. The Morgan fingerprint density at radius 3 is 2.70 bits per heavy atom. The van der Waals surface area contributed by atoms with E-state index in [1.165, 1.54) is 56.3 Å². The summed E-state index contributed by atoms with van der Waals surface area (Å²) in [6, 6.07) is 0. The molecule has 1 aromatic rings. The molecule has 1 aromatic heterocycles. The molecule has 1 aliphatic rings. The Balaban J connectivity index is 1.86. The number of Topliss-reactive ketones (excluding diaryl/α,β-unsaturated/α-hetero) is 1. The number of carbonyl (C=O) groups excluding carboxylic acids is 1. The number of aryl methyl sites for hydroxylation is 1. The summed E-state index contributed by atoms with van der Waals surface area (Å²) in [5, 5.41) is 0. The van der Waals surface area contributed by atoms with Crippen LogP contribution in [0.1, 0.15) is 95.8 Å². The Morgan fingerprint density at radius 1 is 1.33 bits per heavy atom. The summed E-state index contributed by atoms with van der Waals surface area (Å²) >= 11 is 0. The van der Waals surface area contributed by atoms with Crippen molar-refractivity contribution in [2.75, 3.05) is 0 Å². The van der Waals surface area contributed by atoms with Crippen molar-refractivity contribution in [2.45, 2.75) is 91.4 Å². The molecule has 1 saturated carbocycles. The molecular formula is C24H38N2O. The number of hydrogen-bond donors (Lipinski definition) is 0. The van der Waals surface area contributed by atoms with E-state index < -0.39 is 0 Å². The highest BCUT2D eigenvalue weighted by molar-refractivity contribution is 5.78. The molecule has 0 spiro atoms. The lowest BCUT2D eigenvalue weighted by Crippen LogP contribution is -2.18. The van der Waals surface area contributed by atoms with Gasteiger partial charge < -0.3 is 4.57 Å². The molecule has 2 atom stereocenters. The zero-order chi connectivity index (χ0) is 19.9. The minimum atomic E-state index is 0.328. The first kappa shape index (κ1) is 21.7. The number of unbranched alkanes of at least 4 members (excludes halogenated alkanes) is 2. The van der Waals surface area contributed by atoms with Crippen LogP contribution in [0.4, 0.5) is 0 Å². The minimum absolute atomic E-state index is 0.328. The number of rotatable bonds is 11. The van der Waals surface area contributed by atoms with Crippen LogP contribution < -0.4 is 0 Å². The molecule has 0 aromatic carbocycles. The molecule has 0 saturated heterocycles. The molecule has 0 bridgehead atoms. The molecule has 150 valence electrons. The second-order valence-electron chi connectivity index (χ2n) is 8.49. The standard InChI is InChI=1S/C24H38N2O/c1-6-12-23-25-21(8-3)22(26(23)5)13-10-9-11-16-24(15-7-2)17-14-20(18-24)19(4)27/h12,20H,1,7-11,13-18H2,2-5H3. The van der Waals surface area contributed by atoms with Gasteiger partial charge in [0.1, 0.15) is 11.6 Å². The predicted molar refractivity (Wildman–Crippen MR) is 114 cm³/mol. The van der Waals surface area contributed by atoms with Gasteiger partial charge in [-0.05, 0) is 63.7 Å². The number of imidazole rings is 1. The third-order valence-corrected chi connectivity index (χ3v) is 6.58. The van der Waals surface area contributed by atoms with E-state index in [0.717, 1.165) is 31.5 Å². The van der Waals surface area contributed by atoms with E-state index in [9.17, 15) is 4.79 Å². The molecule has 2 rings (SSSR count). The molecule has 0 aliphatic heterocycles. The highest BCUT2D eigenvalue weighted by Crippen LogP contribution is 2.49. The smallest absolute Gasteiger partial charge is 0.140 e. The Morgan fingerprint density at radius 2 is 2.11 bits per heavy atom. The topological polar surface area (TPSA) is 34.9 Å². The lowest BCUT2D eigenvalue weighted by atomic mass is 9.76. The fourth-order valence-electron chi connectivity index (χ4n) is 5.06. The SMILES string of the molecule is C=C=Cc1nc(CC)c(CCCCCC2(CCC)CCC(C(C)=O)C2)n1C. The summed E-state index contributed by atoms with van der Waals surface area (Å²) in [6.45, 7) is 9.91. The first-order valence-corrected chi connectivity index (χ1v) is 10.9. The zero-order valence-electron chi connectivity index (χ0n) is 17.9. The molecule has 27 heavy (non-hydrogen) atoms. The Kier molecular flexibility index (Phi) is 8.10. The van der Waals surface area contributed by atoms with Crippen molar-refractivity contribution >= 4 is 11.9 Å². The van der Waals surface area contributed by atoms with Crippen molar-refractivity contribution in [3.05, 3.63) is 29.5 Å². The van der Waals surface area contributed by atoms with Gasteiger partial charge in [-0.1, -0.05) is 39.7 Å². The van der Waals surface area contributed by atoms with Gasteiger partial charge in [-0.2, -0.15) is 0 Å². The maximum atomic E-state index is 11.8. The average Bonchev–Trinajstić information content (AvgIpc) is 3.19.